The number of carboxylic acid groups (broad SMARTS) is 2. The number of carbonyl (C=O) groups is 4. The topological polar surface area (TPSA) is 130 Å². The summed E-state index contributed by atoms with van der Waals surface area (Å²) < 4.78 is 10.7. The molecular weight excluding hydrogens is 478 g/mol. The molecule has 9 heteroatoms. The van der Waals surface area contributed by atoms with Gasteiger partial charge in [0.1, 0.15) is 13.1 Å². The van der Waals surface area contributed by atoms with Crippen molar-refractivity contribution in [3.8, 4) is 0 Å². The number of hydrogen-bond acceptors (Lipinski definition) is 7. The summed E-state index contributed by atoms with van der Waals surface area (Å²) in [5.74, 6) is -3.81. The fourth-order valence-corrected chi connectivity index (χ4v) is 3.86. The Labute approximate surface area is 220 Å². The average molecular weight is 522 g/mol. The van der Waals surface area contributed by atoms with Crippen molar-refractivity contribution in [1.82, 2.24) is 0 Å². The van der Waals surface area contributed by atoms with Crippen molar-refractivity contribution >= 4 is 29.6 Å². The minimum absolute atomic E-state index is 0.0378. The van der Waals surface area contributed by atoms with Crippen LogP contribution in [0.2, 0.25) is 0 Å². The lowest BCUT2D eigenvalue weighted by molar-refractivity contribution is -0.136. The molecule has 0 saturated carbocycles. The van der Waals surface area contributed by atoms with Gasteiger partial charge in [0.25, 0.3) is 0 Å². The molecule has 0 aliphatic heterocycles. The average Bonchev–Trinajstić information content (AvgIpc) is 2.86. The first-order valence-electron chi connectivity index (χ1n) is 13.5. The highest BCUT2D eigenvalue weighted by molar-refractivity contribution is 5.97. The van der Waals surface area contributed by atoms with Crippen LogP contribution in [0.5, 0.6) is 0 Å². The molecule has 37 heavy (non-hydrogen) atoms. The van der Waals surface area contributed by atoms with Crippen LogP contribution in [-0.2, 0) is 19.1 Å². The third-order valence-corrected chi connectivity index (χ3v) is 5.87. The molecule has 9 nitrogen and oxygen atoms in total. The molecule has 0 heterocycles. The van der Waals surface area contributed by atoms with Gasteiger partial charge in [-0.1, -0.05) is 78.1 Å². The normalized spacial score (nSPS) is 10.6. The van der Waals surface area contributed by atoms with Crippen molar-refractivity contribution in [2.24, 2.45) is 0 Å². The number of carboxylic acids is 2. The van der Waals surface area contributed by atoms with E-state index in [2.05, 4.69) is 13.8 Å². The second-order valence-electron chi connectivity index (χ2n) is 9.22. The number of carbonyl (C=O) groups excluding carboxylic acids is 2. The summed E-state index contributed by atoms with van der Waals surface area (Å²) in [6, 6.07) is 4.04. The summed E-state index contributed by atoms with van der Waals surface area (Å²) in [5, 5.41) is 18.5. The van der Waals surface area contributed by atoms with E-state index in [0.717, 1.165) is 56.3 Å². The van der Waals surface area contributed by atoms with Crippen LogP contribution in [0.3, 0.4) is 0 Å². The molecule has 0 unspecified atom stereocenters. The van der Waals surface area contributed by atoms with Crippen LogP contribution in [0.1, 0.15) is 112 Å². The predicted octanol–water partition coefficient (Wildman–Crippen LogP) is 5.70. The summed E-state index contributed by atoms with van der Waals surface area (Å²) in [5.41, 5.74) is 0.192. The second kappa shape index (κ2) is 19.1. The van der Waals surface area contributed by atoms with Crippen LogP contribution < -0.4 is 4.90 Å². The van der Waals surface area contributed by atoms with Crippen molar-refractivity contribution < 1.29 is 38.9 Å². The van der Waals surface area contributed by atoms with E-state index in [4.69, 9.17) is 9.47 Å². The smallest absolute Gasteiger partial charge is 0.338 e. The van der Waals surface area contributed by atoms with E-state index in [9.17, 15) is 29.4 Å². The summed E-state index contributed by atoms with van der Waals surface area (Å²) in [6.07, 6.45) is 12.4. The van der Waals surface area contributed by atoms with Crippen LogP contribution in [0.4, 0.5) is 5.69 Å². The maximum Gasteiger partial charge on any atom is 0.338 e. The molecule has 208 valence electrons. The van der Waals surface area contributed by atoms with Crippen molar-refractivity contribution in [2.45, 2.75) is 90.9 Å². The summed E-state index contributed by atoms with van der Waals surface area (Å²) in [4.78, 5) is 49.2. The number of nitrogens with zero attached hydrogens (tertiary/aromatic N) is 1. The van der Waals surface area contributed by atoms with Gasteiger partial charge in [-0.05, 0) is 31.0 Å². The number of rotatable bonds is 21. The van der Waals surface area contributed by atoms with Crippen molar-refractivity contribution in [3.63, 3.8) is 0 Å². The number of esters is 2. The number of ether oxygens (including phenoxy) is 2. The zero-order valence-corrected chi connectivity index (χ0v) is 22.3. The molecule has 1 aromatic rings. The molecule has 0 fully saturated rings. The van der Waals surface area contributed by atoms with E-state index in [-0.39, 0.29) is 30.0 Å². The molecule has 0 aliphatic rings. The highest BCUT2D eigenvalue weighted by atomic mass is 16.5. The van der Waals surface area contributed by atoms with Crippen molar-refractivity contribution in [1.29, 1.82) is 0 Å². The lowest BCUT2D eigenvalue weighted by Crippen LogP contribution is -2.34. The molecule has 0 bridgehead atoms. The Balaban J connectivity index is 2.94. The van der Waals surface area contributed by atoms with Gasteiger partial charge < -0.3 is 24.6 Å². The fourth-order valence-electron chi connectivity index (χ4n) is 3.86. The van der Waals surface area contributed by atoms with Crippen LogP contribution in [0, 0.1) is 0 Å². The molecular formula is C28H43NO8. The van der Waals surface area contributed by atoms with Gasteiger partial charge in [0.05, 0.1) is 24.3 Å². The van der Waals surface area contributed by atoms with Gasteiger partial charge in [-0.2, -0.15) is 0 Å². The van der Waals surface area contributed by atoms with Crippen LogP contribution in [0.25, 0.3) is 0 Å². The molecule has 0 aromatic heterocycles. The maximum atomic E-state index is 12.7. The molecule has 0 spiro atoms. The van der Waals surface area contributed by atoms with Crippen LogP contribution >= 0.6 is 0 Å². The Morgan fingerprint density at radius 3 is 1.38 bits per heavy atom. The third-order valence-electron chi connectivity index (χ3n) is 5.87. The minimum Gasteiger partial charge on any atom is -0.480 e. The standard InChI is InChI=1S/C28H43NO8/c1-3-5-7-9-11-13-15-36-27(34)22-17-23(28(35)37-16-14-12-10-8-6-4-2)19-24(18-22)29(20-25(30)31)21-26(32)33/h17-19H,3-16,20-21H2,1-2H3,(H,30,31)(H,32,33). The lowest BCUT2D eigenvalue weighted by atomic mass is 10.1. The van der Waals surface area contributed by atoms with E-state index in [1.54, 1.807) is 0 Å². The van der Waals surface area contributed by atoms with Crippen LogP contribution in [-0.4, -0.2) is 60.4 Å². The van der Waals surface area contributed by atoms with Gasteiger partial charge in [0.2, 0.25) is 0 Å². The van der Waals surface area contributed by atoms with Gasteiger partial charge in [0, 0.05) is 5.69 Å². The fraction of sp³-hybridized carbons (Fsp3) is 0.643. The van der Waals surface area contributed by atoms with Gasteiger partial charge >= 0.3 is 23.9 Å². The molecule has 0 amide bonds. The zero-order chi connectivity index (χ0) is 27.5. The molecule has 1 rings (SSSR count). The Morgan fingerprint density at radius 2 is 1.00 bits per heavy atom. The first kappa shape index (κ1) is 31.9. The molecule has 1 aromatic carbocycles. The number of aliphatic carboxylic acids is 2. The van der Waals surface area contributed by atoms with E-state index < -0.39 is 37.0 Å². The van der Waals surface area contributed by atoms with Crippen molar-refractivity contribution in [2.75, 3.05) is 31.2 Å². The first-order chi connectivity index (χ1) is 17.8. The minimum atomic E-state index is -1.25. The highest BCUT2D eigenvalue weighted by Gasteiger charge is 2.20. The number of unbranched alkanes of at least 4 members (excludes halogenated alkanes) is 10. The maximum absolute atomic E-state index is 12.7. The lowest BCUT2D eigenvalue weighted by Gasteiger charge is -2.22. The molecule has 0 atom stereocenters. The Hall–Kier alpha value is -3.10. The Kier molecular flexibility index (Phi) is 16.5. The van der Waals surface area contributed by atoms with E-state index in [1.807, 2.05) is 0 Å². The SMILES string of the molecule is CCCCCCCCOC(=O)c1cc(C(=O)OCCCCCCCC)cc(N(CC(=O)O)CC(=O)O)c1. The summed E-state index contributed by atoms with van der Waals surface area (Å²) in [6.45, 7) is 3.50. The Morgan fingerprint density at radius 1 is 0.622 bits per heavy atom. The van der Waals surface area contributed by atoms with E-state index in [0.29, 0.717) is 12.8 Å². The number of anilines is 1. The number of hydrogen-bond donors (Lipinski definition) is 2. The highest BCUT2D eigenvalue weighted by Crippen LogP contribution is 2.22. The largest absolute Gasteiger partial charge is 0.480 e. The monoisotopic (exact) mass is 521 g/mol. The van der Waals surface area contributed by atoms with Gasteiger partial charge in [0.15, 0.2) is 0 Å². The number of benzene rings is 1. The third kappa shape index (κ3) is 14.3. The molecule has 2 N–H and O–H groups in total. The molecule has 0 aliphatic carbocycles. The van der Waals surface area contributed by atoms with Gasteiger partial charge in [-0.3, -0.25) is 9.59 Å². The van der Waals surface area contributed by atoms with Crippen LogP contribution in [0.15, 0.2) is 18.2 Å². The predicted molar refractivity (Wildman–Crippen MR) is 141 cm³/mol. The van der Waals surface area contributed by atoms with Gasteiger partial charge in [-0.15, -0.1) is 0 Å². The quantitative estimate of drug-likeness (QED) is 0.154. The first-order valence-corrected chi connectivity index (χ1v) is 13.5. The molecule has 0 saturated heterocycles. The van der Waals surface area contributed by atoms with Crippen molar-refractivity contribution in [3.05, 3.63) is 29.3 Å². The van der Waals surface area contributed by atoms with E-state index >= 15 is 0 Å². The second-order valence-corrected chi connectivity index (χ2v) is 9.22. The van der Waals surface area contributed by atoms with Gasteiger partial charge in [-0.25, -0.2) is 9.59 Å². The molecule has 0 radical (unpaired) electrons. The zero-order valence-electron chi connectivity index (χ0n) is 22.3. The summed E-state index contributed by atoms with van der Waals surface area (Å²) in [7, 11) is 0. The van der Waals surface area contributed by atoms with E-state index in [1.165, 1.54) is 31.0 Å². The Bertz CT molecular complexity index is 790. The summed E-state index contributed by atoms with van der Waals surface area (Å²) >= 11 is 0.